The van der Waals surface area contributed by atoms with Crippen molar-refractivity contribution in [3.8, 4) is 4.56 Å². The first-order valence-corrected chi connectivity index (χ1v) is 14.5. The van der Waals surface area contributed by atoms with E-state index in [-0.39, 0.29) is 42.4 Å². The SMILES string of the molecule is CN1C(=O)/C(=C\c2cc3c([se]2)-n2c4ccccc4c4cccc(c42)C3(C)C)C(=O)N(c2ccccc2)C1=S. The molecule has 186 valence electrons. The van der Waals surface area contributed by atoms with Crippen molar-refractivity contribution in [2.75, 3.05) is 11.9 Å². The van der Waals surface area contributed by atoms with Crippen molar-refractivity contribution in [2.24, 2.45) is 0 Å². The summed E-state index contributed by atoms with van der Waals surface area (Å²) in [6.45, 7) is 4.53. The molecule has 7 rings (SSSR count). The zero-order chi connectivity index (χ0) is 26.3. The van der Waals surface area contributed by atoms with Crippen molar-refractivity contribution < 1.29 is 9.59 Å². The second kappa shape index (κ2) is 8.11. The number of hydrogen-bond acceptors (Lipinski definition) is 3. The number of benzene rings is 3. The summed E-state index contributed by atoms with van der Waals surface area (Å²) in [6, 6.07) is 26.5. The Labute approximate surface area is 231 Å². The van der Waals surface area contributed by atoms with E-state index in [0.717, 1.165) is 4.44 Å². The summed E-state index contributed by atoms with van der Waals surface area (Å²) < 4.78 is 4.67. The Morgan fingerprint density at radius 1 is 0.842 bits per heavy atom. The van der Waals surface area contributed by atoms with Gasteiger partial charge in [-0.15, -0.1) is 0 Å². The number of para-hydroxylation sites is 3. The van der Waals surface area contributed by atoms with Crippen LogP contribution in [0.4, 0.5) is 5.69 Å². The summed E-state index contributed by atoms with van der Waals surface area (Å²) in [5, 5.41) is 2.68. The maximum atomic E-state index is 13.7. The first-order valence-electron chi connectivity index (χ1n) is 12.4. The van der Waals surface area contributed by atoms with E-state index in [0.29, 0.717) is 5.69 Å². The average Bonchev–Trinajstić information content (AvgIpc) is 3.50. The second-order valence-electron chi connectivity index (χ2n) is 10.2. The number of anilines is 1. The summed E-state index contributed by atoms with van der Waals surface area (Å²) in [5.41, 5.74) is 5.54. The van der Waals surface area contributed by atoms with Crippen LogP contribution in [0.5, 0.6) is 0 Å². The van der Waals surface area contributed by atoms with Gasteiger partial charge in [-0.05, 0) is 0 Å². The van der Waals surface area contributed by atoms with Crippen molar-refractivity contribution in [2.45, 2.75) is 19.3 Å². The second-order valence-corrected chi connectivity index (χ2v) is 12.8. The van der Waals surface area contributed by atoms with Gasteiger partial charge in [0.15, 0.2) is 0 Å². The van der Waals surface area contributed by atoms with E-state index < -0.39 is 0 Å². The molecule has 0 saturated carbocycles. The van der Waals surface area contributed by atoms with E-state index in [1.807, 2.05) is 30.3 Å². The Morgan fingerprint density at radius 3 is 2.34 bits per heavy atom. The van der Waals surface area contributed by atoms with E-state index >= 15 is 0 Å². The van der Waals surface area contributed by atoms with Crippen LogP contribution < -0.4 is 4.90 Å². The summed E-state index contributed by atoms with van der Waals surface area (Å²) >= 11 is 5.41. The molecule has 0 bridgehead atoms. The van der Waals surface area contributed by atoms with Crippen LogP contribution in [0.3, 0.4) is 0 Å². The Balaban J connectivity index is 1.43. The molecule has 0 N–H and O–H groups in total. The monoisotopic (exact) mass is 581 g/mol. The molecule has 2 aromatic heterocycles. The minimum atomic E-state index is -0.387. The van der Waals surface area contributed by atoms with Gasteiger partial charge >= 0.3 is 232 Å². The first-order chi connectivity index (χ1) is 18.3. The molecule has 0 unspecified atom stereocenters. The van der Waals surface area contributed by atoms with Gasteiger partial charge in [-0.25, -0.2) is 0 Å². The molecule has 2 aliphatic rings. The first kappa shape index (κ1) is 23.4. The Morgan fingerprint density at radius 2 is 1.55 bits per heavy atom. The maximum absolute atomic E-state index is 13.7. The fraction of sp³-hybridized carbons (Fsp3) is 0.129. The van der Waals surface area contributed by atoms with Crippen LogP contribution >= 0.6 is 12.2 Å². The Hall–Kier alpha value is -3.77. The van der Waals surface area contributed by atoms with Crippen molar-refractivity contribution in [3.63, 3.8) is 0 Å². The normalized spacial score (nSPS) is 17.7. The van der Waals surface area contributed by atoms with Crippen LogP contribution in [0, 0.1) is 0 Å². The molecule has 0 spiro atoms. The molecule has 0 radical (unpaired) electrons. The zero-order valence-electron chi connectivity index (χ0n) is 21.1. The third kappa shape index (κ3) is 3.07. The quantitative estimate of drug-likeness (QED) is 0.117. The third-order valence-electron chi connectivity index (χ3n) is 7.72. The fourth-order valence-corrected chi connectivity index (χ4v) is 8.71. The van der Waals surface area contributed by atoms with E-state index in [1.54, 1.807) is 13.1 Å². The molecule has 2 amide bonds. The van der Waals surface area contributed by atoms with Gasteiger partial charge in [-0.1, -0.05) is 0 Å². The number of rotatable bonds is 2. The minimum absolute atomic E-state index is 0.101. The molecule has 5 aromatic rings. The summed E-state index contributed by atoms with van der Waals surface area (Å²) in [5.74, 6) is -0.757. The number of carbonyl (C=O) groups excluding carboxylic acids is 2. The molecular formula is C31H23N3O2SSe. The van der Waals surface area contributed by atoms with Crippen molar-refractivity contribution >= 4 is 77.2 Å². The van der Waals surface area contributed by atoms with Crippen LogP contribution in [-0.4, -0.2) is 47.9 Å². The molecule has 1 fully saturated rings. The standard InChI is InChI=1S/C31H23N3O2SSe/c1-31(2)23-14-9-13-21-20-12-7-8-15-25(20)34(26(21)23)29-24(31)17-19(38-29)16-22-27(35)32(3)30(37)33(28(22)36)18-10-5-4-6-11-18/h4-17H,1-3H3/b22-16+. The molecule has 3 aromatic carbocycles. The predicted octanol–water partition coefficient (Wildman–Crippen LogP) is 5.65. The van der Waals surface area contributed by atoms with Gasteiger partial charge in [0.05, 0.1) is 0 Å². The van der Waals surface area contributed by atoms with Gasteiger partial charge in [0.25, 0.3) is 0 Å². The fourth-order valence-electron chi connectivity index (χ4n) is 5.75. The number of hydrogen-bond donors (Lipinski definition) is 0. The van der Waals surface area contributed by atoms with Gasteiger partial charge in [0.1, 0.15) is 0 Å². The number of nitrogens with zero attached hydrogens (tertiary/aromatic N) is 3. The van der Waals surface area contributed by atoms with Gasteiger partial charge in [0.2, 0.25) is 0 Å². The summed E-state index contributed by atoms with van der Waals surface area (Å²) in [7, 11) is 1.63. The molecule has 4 heterocycles. The van der Waals surface area contributed by atoms with Gasteiger partial charge in [0, 0.05) is 0 Å². The molecular weight excluding hydrogens is 557 g/mol. The molecule has 5 nitrogen and oxygen atoms in total. The van der Waals surface area contributed by atoms with Crippen LogP contribution in [0.25, 0.3) is 32.4 Å². The molecule has 2 aliphatic heterocycles. The van der Waals surface area contributed by atoms with Gasteiger partial charge in [-0.2, -0.15) is 0 Å². The molecule has 0 aliphatic carbocycles. The summed E-state index contributed by atoms with van der Waals surface area (Å²) in [4.78, 5) is 29.8. The summed E-state index contributed by atoms with van der Waals surface area (Å²) in [6.07, 6.45) is 1.79. The number of carbonyl (C=O) groups is 2. The third-order valence-corrected chi connectivity index (χ3v) is 10.4. The number of thiocarbonyl (C=S) groups is 1. The van der Waals surface area contributed by atoms with Crippen molar-refractivity contribution in [3.05, 3.63) is 100 Å². The zero-order valence-corrected chi connectivity index (χ0v) is 23.6. The molecule has 1 saturated heterocycles. The van der Waals surface area contributed by atoms with E-state index in [1.165, 1.54) is 47.3 Å². The number of likely N-dealkylation sites (N-methyl/N-ethyl adjacent to an activating group) is 1. The average molecular weight is 581 g/mol. The van der Waals surface area contributed by atoms with Crippen LogP contribution in [0.15, 0.2) is 84.4 Å². The van der Waals surface area contributed by atoms with E-state index in [4.69, 9.17) is 12.2 Å². The van der Waals surface area contributed by atoms with E-state index in [2.05, 4.69) is 66.9 Å². The molecule has 7 heteroatoms. The van der Waals surface area contributed by atoms with Crippen LogP contribution in [0.2, 0.25) is 0 Å². The van der Waals surface area contributed by atoms with Crippen LogP contribution in [0.1, 0.15) is 29.4 Å². The number of fused-ring (bicyclic) bond motifs is 5. The van der Waals surface area contributed by atoms with Gasteiger partial charge < -0.3 is 0 Å². The van der Waals surface area contributed by atoms with Crippen molar-refractivity contribution in [1.29, 1.82) is 0 Å². The predicted molar refractivity (Wildman–Crippen MR) is 157 cm³/mol. The van der Waals surface area contributed by atoms with Crippen molar-refractivity contribution in [1.82, 2.24) is 9.47 Å². The Kier molecular flexibility index (Phi) is 4.99. The van der Waals surface area contributed by atoms with Gasteiger partial charge in [-0.3, -0.25) is 0 Å². The number of amides is 2. The van der Waals surface area contributed by atoms with E-state index in [9.17, 15) is 9.59 Å². The Bertz CT molecular complexity index is 1880. The van der Waals surface area contributed by atoms with Crippen LogP contribution in [-0.2, 0) is 15.0 Å². The molecule has 0 atom stereocenters. The topological polar surface area (TPSA) is 45.6 Å². The number of aromatic nitrogens is 1. The molecule has 38 heavy (non-hydrogen) atoms.